The van der Waals surface area contributed by atoms with Crippen molar-refractivity contribution in [2.24, 2.45) is 5.92 Å². The van der Waals surface area contributed by atoms with Gasteiger partial charge in [-0.3, -0.25) is 3.53 Å². The topological polar surface area (TPSA) is 52.6 Å². The molecule has 0 saturated carbocycles. The lowest BCUT2D eigenvalue weighted by Crippen LogP contribution is -2.41. The maximum Gasteiger partial charge on any atom is 0.326 e. The van der Waals surface area contributed by atoms with Crippen molar-refractivity contribution in [1.29, 1.82) is 0 Å². The van der Waals surface area contributed by atoms with Gasteiger partial charge in [-0.2, -0.15) is 0 Å². The number of halogens is 1. The first-order chi connectivity index (χ1) is 6.27. The van der Waals surface area contributed by atoms with Crippen molar-refractivity contribution in [2.45, 2.75) is 19.3 Å². The summed E-state index contributed by atoms with van der Waals surface area (Å²) in [5, 5.41) is 8.75. The molecule has 0 aromatic heterocycles. The molecule has 0 unspecified atom stereocenters. The van der Waals surface area contributed by atoms with Crippen LogP contribution in [0.3, 0.4) is 0 Å². The van der Waals surface area contributed by atoms with Crippen LogP contribution >= 0.6 is 22.9 Å². The smallest absolute Gasteiger partial charge is 0.326 e. The third kappa shape index (κ3) is 3.30. The predicted octanol–water partition coefficient (Wildman–Crippen LogP) is 1.14. The van der Waals surface area contributed by atoms with Crippen LogP contribution in [0.15, 0.2) is 0 Å². The SMILES string of the molecule is O=C(NI)N1CCC(CCO)CC1. The van der Waals surface area contributed by atoms with E-state index in [0.717, 1.165) is 32.4 Å². The zero-order chi connectivity index (χ0) is 9.68. The van der Waals surface area contributed by atoms with E-state index < -0.39 is 0 Å². The van der Waals surface area contributed by atoms with E-state index in [1.54, 1.807) is 0 Å². The number of urea groups is 1. The molecule has 1 aliphatic heterocycles. The molecule has 0 aliphatic carbocycles. The number of piperidine rings is 1. The summed E-state index contributed by atoms with van der Waals surface area (Å²) in [6, 6.07) is 0.00282. The Morgan fingerprint density at radius 3 is 2.62 bits per heavy atom. The van der Waals surface area contributed by atoms with Crippen LogP contribution in [-0.2, 0) is 0 Å². The van der Waals surface area contributed by atoms with Crippen LogP contribution in [-0.4, -0.2) is 35.7 Å². The van der Waals surface area contributed by atoms with E-state index in [4.69, 9.17) is 5.11 Å². The molecule has 1 aliphatic rings. The Kier molecular flexibility index (Phi) is 4.79. The summed E-state index contributed by atoms with van der Waals surface area (Å²) in [4.78, 5) is 13.0. The third-order valence-electron chi connectivity index (χ3n) is 2.52. The molecule has 1 fully saturated rings. The van der Waals surface area contributed by atoms with Crippen LogP contribution in [0.1, 0.15) is 19.3 Å². The minimum absolute atomic E-state index is 0.00282. The molecule has 0 aromatic rings. The molecule has 76 valence electrons. The number of nitrogens with zero attached hydrogens (tertiary/aromatic N) is 1. The Morgan fingerprint density at radius 2 is 2.15 bits per heavy atom. The van der Waals surface area contributed by atoms with Crippen molar-refractivity contribution in [1.82, 2.24) is 8.43 Å². The molecule has 13 heavy (non-hydrogen) atoms. The quantitative estimate of drug-likeness (QED) is 0.593. The van der Waals surface area contributed by atoms with Gasteiger partial charge in [-0.15, -0.1) is 0 Å². The Balaban J connectivity index is 2.26. The molecule has 0 radical (unpaired) electrons. The van der Waals surface area contributed by atoms with Gasteiger partial charge in [0.1, 0.15) is 0 Å². The number of nitrogens with one attached hydrogen (secondary N) is 1. The molecular weight excluding hydrogens is 283 g/mol. The first-order valence-electron chi connectivity index (χ1n) is 4.54. The van der Waals surface area contributed by atoms with Crippen LogP contribution < -0.4 is 3.53 Å². The van der Waals surface area contributed by atoms with Gasteiger partial charge in [-0.05, 0) is 25.2 Å². The summed E-state index contributed by atoms with van der Waals surface area (Å²) in [5.41, 5.74) is 0. The summed E-state index contributed by atoms with van der Waals surface area (Å²) in [6.07, 6.45) is 2.91. The maximum atomic E-state index is 11.2. The number of hydrogen-bond acceptors (Lipinski definition) is 2. The van der Waals surface area contributed by atoms with Crippen LogP contribution in [0.5, 0.6) is 0 Å². The van der Waals surface area contributed by atoms with Gasteiger partial charge in [0.25, 0.3) is 0 Å². The van der Waals surface area contributed by atoms with Gasteiger partial charge in [0.15, 0.2) is 0 Å². The fourth-order valence-corrected chi connectivity index (χ4v) is 2.01. The lowest BCUT2D eigenvalue weighted by molar-refractivity contribution is 0.162. The zero-order valence-electron chi connectivity index (χ0n) is 7.50. The van der Waals surface area contributed by atoms with Crippen molar-refractivity contribution < 1.29 is 9.90 Å². The summed E-state index contributed by atoms with van der Waals surface area (Å²) < 4.78 is 2.59. The molecular formula is C8H15IN2O2. The van der Waals surface area contributed by atoms with Crippen LogP contribution in [0.4, 0.5) is 4.79 Å². The van der Waals surface area contributed by atoms with Gasteiger partial charge < -0.3 is 10.0 Å². The van der Waals surface area contributed by atoms with E-state index >= 15 is 0 Å². The largest absolute Gasteiger partial charge is 0.396 e. The highest BCUT2D eigenvalue weighted by molar-refractivity contribution is 14.1. The fraction of sp³-hybridized carbons (Fsp3) is 0.875. The number of aliphatic hydroxyl groups excluding tert-OH is 1. The monoisotopic (exact) mass is 298 g/mol. The van der Waals surface area contributed by atoms with Gasteiger partial charge in [0.05, 0.1) is 22.9 Å². The average Bonchev–Trinajstić information content (AvgIpc) is 2.18. The minimum Gasteiger partial charge on any atom is -0.396 e. The first-order valence-corrected chi connectivity index (χ1v) is 5.62. The Labute approximate surface area is 92.2 Å². The number of amides is 2. The molecule has 1 saturated heterocycles. The van der Waals surface area contributed by atoms with Crippen LogP contribution in [0, 0.1) is 5.92 Å². The van der Waals surface area contributed by atoms with E-state index in [1.165, 1.54) is 0 Å². The number of carbonyl (C=O) groups excluding carboxylic acids is 1. The number of aliphatic hydroxyl groups is 1. The van der Waals surface area contributed by atoms with E-state index in [0.29, 0.717) is 5.92 Å². The van der Waals surface area contributed by atoms with Gasteiger partial charge in [0, 0.05) is 19.7 Å². The van der Waals surface area contributed by atoms with E-state index in [-0.39, 0.29) is 12.6 Å². The average molecular weight is 298 g/mol. The van der Waals surface area contributed by atoms with Crippen molar-refractivity contribution in [3.05, 3.63) is 0 Å². The first kappa shape index (κ1) is 11.0. The molecule has 2 amide bonds. The summed E-state index contributed by atoms with van der Waals surface area (Å²) in [7, 11) is 0. The molecule has 5 heteroatoms. The van der Waals surface area contributed by atoms with Crippen molar-refractivity contribution >= 4 is 28.9 Å². The normalized spacial score (nSPS) is 18.8. The van der Waals surface area contributed by atoms with Crippen LogP contribution in [0.25, 0.3) is 0 Å². The molecule has 0 atom stereocenters. The second kappa shape index (κ2) is 5.64. The minimum atomic E-state index is 0.00282. The zero-order valence-corrected chi connectivity index (χ0v) is 9.66. The lowest BCUT2D eigenvalue weighted by Gasteiger charge is -2.30. The van der Waals surface area contributed by atoms with E-state index in [9.17, 15) is 4.79 Å². The Bertz CT molecular complexity index is 170. The molecule has 1 heterocycles. The summed E-state index contributed by atoms with van der Waals surface area (Å²) in [6.45, 7) is 1.90. The van der Waals surface area contributed by atoms with Gasteiger partial charge >= 0.3 is 6.03 Å². The highest BCUT2D eigenvalue weighted by atomic mass is 127. The van der Waals surface area contributed by atoms with Gasteiger partial charge in [-0.25, -0.2) is 4.79 Å². The van der Waals surface area contributed by atoms with Gasteiger partial charge in [-0.1, -0.05) is 0 Å². The highest BCUT2D eigenvalue weighted by Gasteiger charge is 2.21. The number of likely N-dealkylation sites (tertiary alicyclic amines) is 1. The lowest BCUT2D eigenvalue weighted by atomic mass is 9.94. The molecule has 0 bridgehead atoms. The number of rotatable bonds is 2. The molecule has 2 N–H and O–H groups in total. The van der Waals surface area contributed by atoms with E-state index in [2.05, 4.69) is 3.53 Å². The van der Waals surface area contributed by atoms with Crippen molar-refractivity contribution in [2.75, 3.05) is 19.7 Å². The molecule has 1 rings (SSSR count). The second-order valence-corrected chi connectivity index (χ2v) is 3.88. The standard InChI is InChI=1S/C8H15IN2O2/c9-10-8(13)11-4-1-7(2-5-11)3-6-12/h7,12H,1-6H2,(H,10,13). The van der Waals surface area contributed by atoms with E-state index in [1.807, 2.05) is 27.8 Å². The molecule has 0 spiro atoms. The second-order valence-electron chi connectivity index (χ2n) is 3.34. The maximum absolute atomic E-state index is 11.2. The van der Waals surface area contributed by atoms with Gasteiger partial charge in [0.2, 0.25) is 0 Å². The predicted molar refractivity (Wildman–Crippen MR) is 58.6 cm³/mol. The van der Waals surface area contributed by atoms with Crippen LogP contribution in [0.2, 0.25) is 0 Å². The summed E-state index contributed by atoms with van der Waals surface area (Å²) in [5.74, 6) is 0.600. The summed E-state index contributed by atoms with van der Waals surface area (Å²) >= 11 is 1.86. The molecule has 0 aromatic carbocycles. The highest BCUT2D eigenvalue weighted by Crippen LogP contribution is 2.19. The Hall–Kier alpha value is -0.0400. The van der Waals surface area contributed by atoms with Crippen molar-refractivity contribution in [3.63, 3.8) is 0 Å². The Morgan fingerprint density at radius 1 is 1.54 bits per heavy atom. The number of hydrogen-bond donors (Lipinski definition) is 2. The fourth-order valence-electron chi connectivity index (χ4n) is 1.67. The number of carbonyl (C=O) groups is 1. The molecule has 4 nitrogen and oxygen atoms in total. The van der Waals surface area contributed by atoms with Crippen molar-refractivity contribution in [3.8, 4) is 0 Å². The third-order valence-corrected chi connectivity index (χ3v) is 2.98.